The Balaban J connectivity index is 1.81. The lowest BCUT2D eigenvalue weighted by atomic mass is 10.2. The molecule has 122 valence electrons. The predicted molar refractivity (Wildman–Crippen MR) is 89.8 cm³/mol. The van der Waals surface area contributed by atoms with Gasteiger partial charge in [0.25, 0.3) is 5.91 Å². The van der Waals surface area contributed by atoms with Crippen LogP contribution < -0.4 is 10.6 Å². The Kier molecular flexibility index (Phi) is 6.54. The van der Waals surface area contributed by atoms with Gasteiger partial charge in [0.15, 0.2) is 0 Å². The van der Waals surface area contributed by atoms with Crippen molar-refractivity contribution < 1.29 is 9.18 Å². The van der Waals surface area contributed by atoms with Gasteiger partial charge >= 0.3 is 0 Å². The van der Waals surface area contributed by atoms with Crippen LogP contribution in [0.15, 0.2) is 42.6 Å². The van der Waals surface area contributed by atoms with E-state index in [1.165, 1.54) is 12.1 Å². The van der Waals surface area contributed by atoms with Crippen molar-refractivity contribution >= 4 is 11.7 Å². The zero-order valence-electron chi connectivity index (χ0n) is 13.3. The molecule has 4 nitrogen and oxygen atoms in total. The average Bonchev–Trinajstić information content (AvgIpc) is 2.58. The number of carbonyl (C=O) groups excluding carboxylic acids is 1. The summed E-state index contributed by atoms with van der Waals surface area (Å²) in [6.45, 7) is 3.37. The van der Waals surface area contributed by atoms with E-state index in [0.29, 0.717) is 24.5 Å². The maximum absolute atomic E-state index is 12.8. The van der Waals surface area contributed by atoms with Gasteiger partial charge in [-0.1, -0.05) is 31.9 Å². The lowest BCUT2D eigenvalue weighted by molar-refractivity contribution is 0.0952. The average molecular weight is 315 g/mol. The molecule has 2 rings (SSSR count). The van der Waals surface area contributed by atoms with Gasteiger partial charge < -0.3 is 10.6 Å². The van der Waals surface area contributed by atoms with E-state index in [0.717, 1.165) is 24.8 Å². The monoisotopic (exact) mass is 315 g/mol. The molecule has 0 fully saturated rings. The Bertz CT molecular complexity index is 611. The summed E-state index contributed by atoms with van der Waals surface area (Å²) in [5.41, 5.74) is 1.51. The van der Waals surface area contributed by atoms with E-state index in [-0.39, 0.29) is 11.7 Å². The van der Waals surface area contributed by atoms with Gasteiger partial charge in [-0.2, -0.15) is 0 Å². The molecular formula is C18H22FN3O. The van der Waals surface area contributed by atoms with E-state index in [1.54, 1.807) is 30.5 Å². The number of halogens is 1. The minimum absolute atomic E-state index is 0.0984. The maximum Gasteiger partial charge on any atom is 0.252 e. The van der Waals surface area contributed by atoms with Gasteiger partial charge in [-0.15, -0.1) is 0 Å². The molecule has 2 aromatic rings. The van der Waals surface area contributed by atoms with Gasteiger partial charge in [-0.05, 0) is 36.2 Å². The number of nitrogens with zero attached hydrogens (tertiary/aromatic N) is 1. The molecule has 1 heterocycles. The zero-order valence-corrected chi connectivity index (χ0v) is 13.3. The molecule has 1 aromatic heterocycles. The van der Waals surface area contributed by atoms with E-state index in [2.05, 4.69) is 22.5 Å². The first-order valence-corrected chi connectivity index (χ1v) is 7.91. The summed E-state index contributed by atoms with van der Waals surface area (Å²) in [6, 6.07) is 9.81. The van der Waals surface area contributed by atoms with Crippen LogP contribution in [-0.2, 0) is 6.54 Å². The number of benzene rings is 1. The van der Waals surface area contributed by atoms with Gasteiger partial charge in [0.1, 0.15) is 11.6 Å². The van der Waals surface area contributed by atoms with Crippen molar-refractivity contribution in [1.82, 2.24) is 10.3 Å². The third-order valence-electron chi connectivity index (χ3n) is 3.48. The summed E-state index contributed by atoms with van der Waals surface area (Å²) >= 11 is 0. The van der Waals surface area contributed by atoms with Gasteiger partial charge in [0, 0.05) is 19.3 Å². The third kappa shape index (κ3) is 5.70. The summed E-state index contributed by atoms with van der Waals surface area (Å²) in [7, 11) is 0. The topological polar surface area (TPSA) is 54.0 Å². The molecule has 0 aliphatic heterocycles. The molecule has 0 saturated carbocycles. The van der Waals surface area contributed by atoms with Gasteiger partial charge in [-0.25, -0.2) is 9.37 Å². The van der Waals surface area contributed by atoms with Crippen LogP contribution in [0.25, 0.3) is 0 Å². The quantitative estimate of drug-likeness (QED) is 0.729. The fourth-order valence-corrected chi connectivity index (χ4v) is 2.11. The van der Waals surface area contributed by atoms with E-state index in [1.807, 2.05) is 0 Å². The van der Waals surface area contributed by atoms with Crippen LogP contribution in [0.5, 0.6) is 0 Å². The number of amides is 1. The number of nitrogens with one attached hydrogen (secondary N) is 2. The van der Waals surface area contributed by atoms with Crippen molar-refractivity contribution in [3.05, 3.63) is 59.5 Å². The number of hydrogen-bond acceptors (Lipinski definition) is 3. The van der Waals surface area contributed by atoms with Crippen LogP contribution in [0.4, 0.5) is 10.2 Å². The molecule has 2 N–H and O–H groups in total. The highest BCUT2D eigenvalue weighted by atomic mass is 19.1. The Morgan fingerprint density at radius 2 is 1.91 bits per heavy atom. The molecule has 5 heteroatoms. The fourth-order valence-electron chi connectivity index (χ4n) is 2.11. The van der Waals surface area contributed by atoms with Crippen molar-refractivity contribution in [3.8, 4) is 0 Å². The van der Waals surface area contributed by atoms with Crippen LogP contribution >= 0.6 is 0 Å². The van der Waals surface area contributed by atoms with E-state index < -0.39 is 0 Å². The number of carbonyl (C=O) groups is 1. The predicted octanol–water partition coefficient (Wildman–Crippen LogP) is 3.75. The Morgan fingerprint density at radius 3 is 2.57 bits per heavy atom. The summed E-state index contributed by atoms with van der Waals surface area (Å²) in [4.78, 5) is 16.2. The SMILES string of the molecule is CCCCCNC(=O)c1ccc(NCc2ccc(F)cc2)nc1. The van der Waals surface area contributed by atoms with E-state index >= 15 is 0 Å². The molecule has 0 spiro atoms. The lowest BCUT2D eigenvalue weighted by Crippen LogP contribution is -2.24. The number of unbranched alkanes of at least 4 members (excludes halogenated alkanes) is 2. The van der Waals surface area contributed by atoms with Crippen LogP contribution in [0.3, 0.4) is 0 Å². The van der Waals surface area contributed by atoms with Crippen LogP contribution in [-0.4, -0.2) is 17.4 Å². The minimum atomic E-state index is -0.249. The van der Waals surface area contributed by atoms with Crippen LogP contribution in [0.1, 0.15) is 42.1 Å². The van der Waals surface area contributed by atoms with E-state index in [9.17, 15) is 9.18 Å². The summed E-state index contributed by atoms with van der Waals surface area (Å²) in [5.74, 6) is 0.330. The Morgan fingerprint density at radius 1 is 1.13 bits per heavy atom. The van der Waals surface area contributed by atoms with Crippen molar-refractivity contribution in [1.29, 1.82) is 0 Å². The first-order chi connectivity index (χ1) is 11.2. The fraction of sp³-hybridized carbons (Fsp3) is 0.333. The molecule has 0 bridgehead atoms. The second kappa shape index (κ2) is 8.88. The maximum atomic E-state index is 12.8. The largest absolute Gasteiger partial charge is 0.366 e. The van der Waals surface area contributed by atoms with Gasteiger partial charge in [0.05, 0.1) is 5.56 Å². The standard InChI is InChI=1S/C18H22FN3O/c1-2-3-4-11-20-18(23)15-7-10-17(22-13-15)21-12-14-5-8-16(19)9-6-14/h5-10,13H,2-4,11-12H2,1H3,(H,20,23)(H,21,22). The molecule has 0 atom stereocenters. The molecule has 0 radical (unpaired) electrons. The van der Waals surface area contributed by atoms with Crippen LogP contribution in [0.2, 0.25) is 0 Å². The molecule has 0 unspecified atom stereocenters. The number of anilines is 1. The number of pyridine rings is 1. The minimum Gasteiger partial charge on any atom is -0.366 e. The smallest absolute Gasteiger partial charge is 0.252 e. The van der Waals surface area contributed by atoms with Gasteiger partial charge in [0.2, 0.25) is 0 Å². The number of aromatic nitrogens is 1. The second-order valence-electron chi connectivity index (χ2n) is 5.38. The molecule has 1 aromatic carbocycles. The van der Waals surface area contributed by atoms with Crippen molar-refractivity contribution in [3.63, 3.8) is 0 Å². The second-order valence-corrected chi connectivity index (χ2v) is 5.38. The highest BCUT2D eigenvalue weighted by Crippen LogP contribution is 2.09. The first kappa shape index (κ1) is 16.9. The molecule has 0 aliphatic rings. The van der Waals surface area contributed by atoms with E-state index in [4.69, 9.17) is 0 Å². The van der Waals surface area contributed by atoms with Crippen molar-refractivity contribution in [2.24, 2.45) is 0 Å². The molecular weight excluding hydrogens is 293 g/mol. The summed E-state index contributed by atoms with van der Waals surface area (Å²) in [5, 5.41) is 6.02. The lowest BCUT2D eigenvalue weighted by Gasteiger charge is -2.07. The zero-order chi connectivity index (χ0) is 16.5. The number of hydrogen-bond donors (Lipinski definition) is 2. The molecule has 1 amide bonds. The summed E-state index contributed by atoms with van der Waals surface area (Å²) < 4.78 is 12.8. The number of rotatable bonds is 8. The first-order valence-electron chi connectivity index (χ1n) is 7.91. The Hall–Kier alpha value is -2.43. The molecule has 0 saturated heterocycles. The summed E-state index contributed by atoms with van der Waals surface area (Å²) in [6.07, 6.45) is 4.80. The highest BCUT2D eigenvalue weighted by molar-refractivity contribution is 5.94. The van der Waals surface area contributed by atoms with Gasteiger partial charge in [-0.3, -0.25) is 4.79 Å². The normalized spacial score (nSPS) is 10.3. The van der Waals surface area contributed by atoms with Crippen molar-refractivity contribution in [2.45, 2.75) is 32.7 Å². The third-order valence-corrected chi connectivity index (χ3v) is 3.48. The molecule has 0 aliphatic carbocycles. The van der Waals surface area contributed by atoms with Crippen LogP contribution in [0, 0.1) is 5.82 Å². The van der Waals surface area contributed by atoms with Crippen molar-refractivity contribution in [2.75, 3.05) is 11.9 Å². The Labute approximate surface area is 136 Å². The molecule has 23 heavy (non-hydrogen) atoms. The highest BCUT2D eigenvalue weighted by Gasteiger charge is 2.05.